The molecule has 3 aromatic carbocycles. The number of rotatable bonds is 6. The maximum absolute atomic E-state index is 13.4. The Kier molecular flexibility index (Phi) is 6.66. The number of aryl methyl sites for hydroxylation is 1. The van der Waals surface area contributed by atoms with Gasteiger partial charge in [-0.1, -0.05) is 91.0 Å². The number of imidazole rings is 1. The first-order chi connectivity index (χ1) is 15.7. The van der Waals surface area contributed by atoms with Crippen LogP contribution in [-0.2, 0) is 35.0 Å². The molecule has 0 saturated carbocycles. The summed E-state index contributed by atoms with van der Waals surface area (Å²) in [6, 6.07) is 30.5. The lowest BCUT2D eigenvalue weighted by Gasteiger charge is -2.26. The number of cyclic esters (lactones) is 1. The lowest BCUT2D eigenvalue weighted by molar-refractivity contribution is -0.678. The number of hydrogen-bond acceptors (Lipinski definition) is 2. The number of carbonyl (C=O) groups is 1. The molecule has 0 N–H and O–H groups in total. The standard InChI is InChI=1S/C28H27N2O2.ClH/c1-29-17-18-30(26(29)19-22-11-5-2-6-12-22)21-25-20-28(27(31)32-25,23-13-7-3-8-14-23)24-15-9-4-10-16-24;/h2-18,25H,19-21H2,1H3;1H/q+1;/p-1. The lowest BCUT2D eigenvalue weighted by atomic mass is 9.72. The van der Waals surface area contributed by atoms with Gasteiger partial charge in [0.25, 0.3) is 5.82 Å². The molecule has 1 fully saturated rings. The molecule has 2 heterocycles. The minimum atomic E-state index is -0.776. The number of ether oxygens (including phenoxy) is 1. The molecule has 1 unspecified atom stereocenters. The van der Waals surface area contributed by atoms with Crippen LogP contribution < -0.4 is 17.0 Å². The van der Waals surface area contributed by atoms with E-state index in [1.54, 1.807) is 0 Å². The third-order valence-corrected chi connectivity index (χ3v) is 6.50. The number of hydrogen-bond donors (Lipinski definition) is 0. The highest BCUT2D eigenvalue weighted by atomic mass is 35.5. The first kappa shape index (κ1) is 22.8. The van der Waals surface area contributed by atoms with Gasteiger partial charge in [0, 0.05) is 6.42 Å². The highest BCUT2D eigenvalue weighted by Gasteiger charge is 2.52. The molecule has 0 amide bonds. The molecule has 0 aliphatic carbocycles. The molecule has 5 heteroatoms. The molecule has 1 aliphatic rings. The van der Waals surface area contributed by atoms with Crippen LogP contribution in [0.25, 0.3) is 0 Å². The van der Waals surface area contributed by atoms with Crippen molar-refractivity contribution in [2.75, 3.05) is 0 Å². The molecule has 5 rings (SSSR count). The highest BCUT2D eigenvalue weighted by molar-refractivity contribution is 5.89. The Bertz CT molecular complexity index is 1170. The number of carbonyl (C=O) groups excluding carboxylic acids is 1. The summed E-state index contributed by atoms with van der Waals surface area (Å²) in [6.45, 7) is 0.635. The smallest absolute Gasteiger partial charge is 0.321 e. The van der Waals surface area contributed by atoms with Crippen LogP contribution in [0.1, 0.15) is 28.9 Å². The van der Waals surface area contributed by atoms with Gasteiger partial charge >= 0.3 is 5.97 Å². The van der Waals surface area contributed by atoms with Crippen molar-refractivity contribution < 1.29 is 26.5 Å². The monoisotopic (exact) mass is 458 g/mol. The summed E-state index contributed by atoms with van der Waals surface area (Å²) in [7, 11) is 2.06. The van der Waals surface area contributed by atoms with Crippen LogP contribution in [0.2, 0.25) is 0 Å². The molecule has 0 radical (unpaired) electrons. The third kappa shape index (κ3) is 4.31. The van der Waals surface area contributed by atoms with Gasteiger partial charge in [-0.15, -0.1) is 0 Å². The van der Waals surface area contributed by atoms with Gasteiger partial charge in [0.05, 0.1) is 13.5 Å². The van der Waals surface area contributed by atoms with Gasteiger partial charge in [-0.3, -0.25) is 4.79 Å². The van der Waals surface area contributed by atoms with Crippen LogP contribution in [0, 0.1) is 0 Å². The third-order valence-electron chi connectivity index (χ3n) is 6.50. The van der Waals surface area contributed by atoms with Gasteiger partial charge in [0.1, 0.15) is 30.5 Å². The number of halogens is 1. The summed E-state index contributed by atoms with van der Waals surface area (Å²) in [6.07, 6.45) is 5.39. The second kappa shape index (κ2) is 9.63. The van der Waals surface area contributed by atoms with Crippen molar-refractivity contribution >= 4 is 5.97 Å². The van der Waals surface area contributed by atoms with Crippen LogP contribution in [-0.4, -0.2) is 16.6 Å². The highest BCUT2D eigenvalue weighted by Crippen LogP contribution is 2.43. The van der Waals surface area contributed by atoms with Crippen molar-refractivity contribution in [3.63, 3.8) is 0 Å². The van der Waals surface area contributed by atoms with Crippen molar-refractivity contribution in [3.05, 3.63) is 126 Å². The summed E-state index contributed by atoms with van der Waals surface area (Å²) in [5.74, 6) is 1.02. The van der Waals surface area contributed by atoms with E-state index in [0.717, 1.165) is 17.5 Å². The molecule has 4 aromatic rings. The lowest BCUT2D eigenvalue weighted by Crippen LogP contribution is -3.00. The summed E-state index contributed by atoms with van der Waals surface area (Å²) in [4.78, 5) is 13.4. The van der Waals surface area contributed by atoms with Gasteiger partial charge in [0.2, 0.25) is 0 Å². The Morgan fingerprint density at radius 3 is 2.03 bits per heavy atom. The zero-order valence-corrected chi connectivity index (χ0v) is 19.4. The largest absolute Gasteiger partial charge is 1.00 e. The SMILES string of the molecule is C[n+]1ccn(CC2CC(c3ccccc3)(c3ccccc3)C(=O)O2)c1Cc1ccccc1.[Cl-]. The van der Waals surface area contributed by atoms with Crippen molar-refractivity contribution in [1.82, 2.24) is 4.57 Å². The summed E-state index contributed by atoms with van der Waals surface area (Å²) in [5, 5.41) is 0. The molecule has 33 heavy (non-hydrogen) atoms. The summed E-state index contributed by atoms with van der Waals surface area (Å²) in [5.41, 5.74) is 2.46. The van der Waals surface area contributed by atoms with E-state index in [9.17, 15) is 4.79 Å². The molecule has 168 valence electrons. The zero-order chi connectivity index (χ0) is 22.0. The average Bonchev–Trinajstić information content (AvgIpc) is 3.35. The first-order valence-electron chi connectivity index (χ1n) is 11.1. The molecule has 0 spiro atoms. The summed E-state index contributed by atoms with van der Waals surface area (Å²) < 4.78 is 10.4. The van der Waals surface area contributed by atoms with E-state index in [1.165, 1.54) is 11.4 Å². The zero-order valence-electron chi connectivity index (χ0n) is 18.6. The van der Waals surface area contributed by atoms with Crippen LogP contribution >= 0.6 is 0 Å². The Balaban J connectivity index is 0.00000259. The fourth-order valence-corrected chi connectivity index (χ4v) is 4.85. The molecule has 0 bridgehead atoms. The van der Waals surface area contributed by atoms with Gasteiger partial charge in [-0.25, -0.2) is 9.13 Å². The molecule has 1 saturated heterocycles. The Labute approximate surface area is 200 Å². The quantitative estimate of drug-likeness (QED) is 0.321. The van der Waals surface area contributed by atoms with E-state index >= 15 is 0 Å². The van der Waals surface area contributed by atoms with Crippen molar-refractivity contribution in [1.29, 1.82) is 0 Å². The van der Waals surface area contributed by atoms with Gasteiger partial charge in [0.15, 0.2) is 0 Å². The Morgan fingerprint density at radius 1 is 0.909 bits per heavy atom. The number of nitrogens with zero attached hydrogens (tertiary/aromatic N) is 2. The van der Waals surface area contributed by atoms with Crippen LogP contribution in [0.3, 0.4) is 0 Å². The van der Waals surface area contributed by atoms with E-state index in [-0.39, 0.29) is 24.5 Å². The fraction of sp³-hybridized carbons (Fsp3) is 0.214. The fourth-order valence-electron chi connectivity index (χ4n) is 4.85. The molecule has 4 nitrogen and oxygen atoms in total. The minimum absolute atomic E-state index is 0. The second-order valence-electron chi connectivity index (χ2n) is 8.51. The Hall–Kier alpha value is -3.37. The van der Waals surface area contributed by atoms with Crippen LogP contribution in [0.4, 0.5) is 0 Å². The number of aromatic nitrogens is 2. The average molecular weight is 459 g/mol. The maximum atomic E-state index is 13.4. The van der Waals surface area contributed by atoms with Crippen molar-refractivity contribution in [2.45, 2.75) is 30.9 Å². The number of esters is 1. The first-order valence-corrected chi connectivity index (χ1v) is 11.1. The Morgan fingerprint density at radius 2 is 1.45 bits per heavy atom. The predicted octanol–water partition coefficient (Wildman–Crippen LogP) is 1.21. The number of benzene rings is 3. The summed E-state index contributed by atoms with van der Waals surface area (Å²) >= 11 is 0. The van der Waals surface area contributed by atoms with E-state index < -0.39 is 5.41 Å². The van der Waals surface area contributed by atoms with Gasteiger partial charge in [-0.2, -0.15) is 0 Å². The molecular weight excluding hydrogens is 432 g/mol. The van der Waals surface area contributed by atoms with E-state index in [2.05, 4.69) is 52.8 Å². The molecule has 1 aromatic heterocycles. The second-order valence-corrected chi connectivity index (χ2v) is 8.51. The van der Waals surface area contributed by atoms with E-state index in [4.69, 9.17) is 4.74 Å². The molecule has 1 atom stereocenters. The normalized spacial score (nSPS) is 16.8. The van der Waals surface area contributed by atoms with E-state index in [1.807, 2.05) is 66.7 Å². The van der Waals surface area contributed by atoms with Crippen molar-refractivity contribution in [3.8, 4) is 0 Å². The van der Waals surface area contributed by atoms with Gasteiger partial charge < -0.3 is 17.1 Å². The van der Waals surface area contributed by atoms with E-state index in [0.29, 0.717) is 13.0 Å². The predicted molar refractivity (Wildman–Crippen MR) is 123 cm³/mol. The minimum Gasteiger partial charge on any atom is -1.00 e. The van der Waals surface area contributed by atoms with Gasteiger partial charge in [-0.05, 0) is 16.7 Å². The topological polar surface area (TPSA) is 35.1 Å². The molecular formula is C28H27ClN2O2. The van der Waals surface area contributed by atoms with Crippen molar-refractivity contribution in [2.24, 2.45) is 7.05 Å². The van der Waals surface area contributed by atoms with Crippen LogP contribution in [0.15, 0.2) is 103 Å². The maximum Gasteiger partial charge on any atom is 0.321 e. The van der Waals surface area contributed by atoms with Crippen LogP contribution in [0.5, 0.6) is 0 Å². The molecule has 1 aliphatic heterocycles.